The highest BCUT2D eigenvalue weighted by atomic mass is 35.5. The molecule has 1 aromatic rings. The van der Waals surface area contributed by atoms with Crippen LogP contribution in [0.25, 0.3) is 0 Å². The van der Waals surface area contributed by atoms with Gasteiger partial charge in [-0.1, -0.05) is 19.1 Å². The predicted molar refractivity (Wildman–Crippen MR) is 74.3 cm³/mol. The van der Waals surface area contributed by atoms with Crippen molar-refractivity contribution in [3.8, 4) is 5.75 Å². The van der Waals surface area contributed by atoms with Crippen molar-refractivity contribution in [2.24, 2.45) is 0 Å². The van der Waals surface area contributed by atoms with E-state index in [1.165, 1.54) is 5.56 Å². The van der Waals surface area contributed by atoms with Crippen LogP contribution in [0.3, 0.4) is 0 Å². The number of carbonyl (C=O) groups is 1. The molecule has 100 valence electrons. The fourth-order valence-corrected chi connectivity index (χ4v) is 1.60. The molecule has 0 fully saturated rings. The van der Waals surface area contributed by atoms with Gasteiger partial charge >= 0.3 is 0 Å². The number of aryl methyl sites for hydroxylation is 1. The number of carbonyl (C=O) groups excluding carboxylic acids is 1. The molecule has 4 heteroatoms. The SMILES string of the molecule is CCc1ccc(OCC(C)(C)NC(=O)CCl)cc1. The summed E-state index contributed by atoms with van der Waals surface area (Å²) >= 11 is 5.46. The van der Waals surface area contributed by atoms with Crippen molar-refractivity contribution in [1.29, 1.82) is 0 Å². The van der Waals surface area contributed by atoms with Crippen LogP contribution in [-0.2, 0) is 11.2 Å². The molecule has 0 radical (unpaired) electrons. The van der Waals surface area contributed by atoms with Gasteiger partial charge in [0.25, 0.3) is 0 Å². The molecule has 0 saturated carbocycles. The van der Waals surface area contributed by atoms with Crippen LogP contribution in [-0.4, -0.2) is 23.9 Å². The Labute approximate surface area is 113 Å². The molecule has 18 heavy (non-hydrogen) atoms. The van der Waals surface area contributed by atoms with Gasteiger partial charge in [-0.05, 0) is 38.0 Å². The molecule has 0 atom stereocenters. The number of halogens is 1. The zero-order valence-corrected chi connectivity index (χ0v) is 11.9. The van der Waals surface area contributed by atoms with Gasteiger partial charge in [-0.25, -0.2) is 0 Å². The Morgan fingerprint density at radius 3 is 2.44 bits per heavy atom. The number of alkyl halides is 1. The number of nitrogens with one attached hydrogen (secondary N) is 1. The largest absolute Gasteiger partial charge is 0.491 e. The summed E-state index contributed by atoms with van der Waals surface area (Å²) < 4.78 is 5.66. The lowest BCUT2D eigenvalue weighted by Crippen LogP contribution is -2.48. The first-order valence-corrected chi connectivity index (χ1v) is 6.59. The second-order valence-electron chi connectivity index (χ2n) is 4.85. The topological polar surface area (TPSA) is 38.3 Å². The molecule has 0 aliphatic carbocycles. The minimum atomic E-state index is -0.435. The van der Waals surface area contributed by atoms with E-state index in [0.29, 0.717) is 6.61 Å². The highest BCUT2D eigenvalue weighted by molar-refractivity contribution is 6.27. The smallest absolute Gasteiger partial charge is 0.235 e. The highest BCUT2D eigenvalue weighted by Gasteiger charge is 2.20. The summed E-state index contributed by atoms with van der Waals surface area (Å²) in [6.45, 7) is 6.32. The molecule has 1 N–H and O–H groups in total. The van der Waals surface area contributed by atoms with E-state index in [0.717, 1.165) is 12.2 Å². The number of hydrogen-bond acceptors (Lipinski definition) is 2. The van der Waals surface area contributed by atoms with Crippen molar-refractivity contribution in [3.63, 3.8) is 0 Å². The molecule has 3 nitrogen and oxygen atoms in total. The van der Waals surface area contributed by atoms with Crippen molar-refractivity contribution < 1.29 is 9.53 Å². The Hall–Kier alpha value is -1.22. The van der Waals surface area contributed by atoms with Gasteiger partial charge in [0.1, 0.15) is 18.2 Å². The molecular formula is C14H20ClNO2. The van der Waals surface area contributed by atoms with Crippen LogP contribution in [0.5, 0.6) is 5.75 Å². The summed E-state index contributed by atoms with van der Waals surface area (Å²) in [5.41, 5.74) is 0.840. The Kier molecular flexibility index (Phi) is 5.48. The summed E-state index contributed by atoms with van der Waals surface area (Å²) in [5, 5.41) is 2.80. The van der Waals surface area contributed by atoms with Crippen LogP contribution in [0, 0.1) is 0 Å². The minimum absolute atomic E-state index is 0.0331. The third-order valence-electron chi connectivity index (χ3n) is 2.53. The van der Waals surface area contributed by atoms with Crippen LogP contribution in [0.2, 0.25) is 0 Å². The fourth-order valence-electron chi connectivity index (χ4n) is 1.53. The predicted octanol–water partition coefficient (Wildman–Crippen LogP) is 2.76. The van der Waals surface area contributed by atoms with Crippen LogP contribution in [0.4, 0.5) is 0 Å². The maximum atomic E-state index is 11.2. The lowest BCUT2D eigenvalue weighted by Gasteiger charge is -2.26. The molecule has 0 spiro atoms. The fraction of sp³-hybridized carbons (Fsp3) is 0.500. The maximum absolute atomic E-state index is 11.2. The second kappa shape index (κ2) is 6.64. The van der Waals surface area contributed by atoms with Crippen molar-refractivity contribution in [2.45, 2.75) is 32.7 Å². The molecule has 0 aromatic heterocycles. The lowest BCUT2D eigenvalue weighted by molar-refractivity contribution is -0.120. The van der Waals surface area contributed by atoms with Gasteiger partial charge < -0.3 is 10.1 Å². The van der Waals surface area contributed by atoms with E-state index in [2.05, 4.69) is 12.2 Å². The van der Waals surface area contributed by atoms with Crippen molar-refractivity contribution in [2.75, 3.05) is 12.5 Å². The van der Waals surface area contributed by atoms with E-state index >= 15 is 0 Å². The van der Waals surface area contributed by atoms with E-state index < -0.39 is 5.54 Å². The van der Waals surface area contributed by atoms with Gasteiger partial charge in [0.2, 0.25) is 5.91 Å². The summed E-state index contributed by atoms with van der Waals surface area (Å²) in [6, 6.07) is 7.97. The number of benzene rings is 1. The summed E-state index contributed by atoms with van der Waals surface area (Å²) in [4.78, 5) is 11.2. The molecule has 0 aliphatic heterocycles. The first-order valence-electron chi connectivity index (χ1n) is 6.05. The Morgan fingerprint density at radius 1 is 1.33 bits per heavy atom. The third kappa shape index (κ3) is 4.96. The molecule has 0 saturated heterocycles. The van der Waals surface area contributed by atoms with Gasteiger partial charge in [-0.15, -0.1) is 11.6 Å². The first-order chi connectivity index (χ1) is 8.46. The maximum Gasteiger partial charge on any atom is 0.235 e. The third-order valence-corrected chi connectivity index (χ3v) is 2.77. The molecule has 1 amide bonds. The first kappa shape index (κ1) is 14.8. The summed E-state index contributed by atoms with van der Waals surface area (Å²) in [7, 11) is 0. The molecule has 0 unspecified atom stereocenters. The van der Waals surface area contributed by atoms with Crippen LogP contribution in [0.15, 0.2) is 24.3 Å². The zero-order chi connectivity index (χ0) is 13.6. The molecule has 1 aromatic carbocycles. The van der Waals surface area contributed by atoms with E-state index in [1.807, 2.05) is 38.1 Å². The van der Waals surface area contributed by atoms with Gasteiger partial charge in [0.15, 0.2) is 0 Å². The minimum Gasteiger partial charge on any atom is -0.491 e. The van der Waals surface area contributed by atoms with E-state index in [1.54, 1.807) is 0 Å². The van der Waals surface area contributed by atoms with Crippen LogP contribution in [0.1, 0.15) is 26.3 Å². The van der Waals surface area contributed by atoms with Crippen molar-refractivity contribution in [1.82, 2.24) is 5.32 Å². The van der Waals surface area contributed by atoms with E-state index in [-0.39, 0.29) is 11.8 Å². The normalized spacial score (nSPS) is 11.1. The molecule has 0 aliphatic rings. The number of hydrogen-bond donors (Lipinski definition) is 1. The zero-order valence-electron chi connectivity index (χ0n) is 11.1. The monoisotopic (exact) mass is 269 g/mol. The second-order valence-corrected chi connectivity index (χ2v) is 5.12. The number of amides is 1. The molecule has 0 bridgehead atoms. The van der Waals surface area contributed by atoms with Crippen molar-refractivity contribution in [3.05, 3.63) is 29.8 Å². The number of rotatable bonds is 6. The van der Waals surface area contributed by atoms with Crippen LogP contribution < -0.4 is 10.1 Å². The average molecular weight is 270 g/mol. The average Bonchev–Trinajstić information content (AvgIpc) is 2.36. The standard InChI is InChI=1S/C14H20ClNO2/c1-4-11-5-7-12(8-6-11)18-10-14(2,3)16-13(17)9-15/h5-8H,4,9-10H2,1-3H3,(H,16,17). The van der Waals surface area contributed by atoms with E-state index in [9.17, 15) is 4.79 Å². The molecule has 0 heterocycles. The van der Waals surface area contributed by atoms with Crippen LogP contribution >= 0.6 is 11.6 Å². The van der Waals surface area contributed by atoms with E-state index in [4.69, 9.17) is 16.3 Å². The molecule has 1 rings (SSSR count). The Morgan fingerprint density at radius 2 is 1.94 bits per heavy atom. The summed E-state index contributed by atoms with van der Waals surface area (Å²) in [6.07, 6.45) is 1.01. The quantitative estimate of drug-likeness (QED) is 0.807. The van der Waals surface area contributed by atoms with Gasteiger partial charge in [-0.3, -0.25) is 4.79 Å². The lowest BCUT2D eigenvalue weighted by atomic mass is 10.1. The van der Waals surface area contributed by atoms with Gasteiger partial charge in [0.05, 0.1) is 5.54 Å². The summed E-state index contributed by atoms with van der Waals surface area (Å²) in [5.74, 6) is 0.584. The van der Waals surface area contributed by atoms with Gasteiger partial charge in [0, 0.05) is 0 Å². The number of ether oxygens (including phenoxy) is 1. The van der Waals surface area contributed by atoms with Crippen molar-refractivity contribution >= 4 is 17.5 Å². The Balaban J connectivity index is 2.50. The highest BCUT2D eigenvalue weighted by Crippen LogP contribution is 2.14. The van der Waals surface area contributed by atoms with Gasteiger partial charge in [-0.2, -0.15) is 0 Å². The molecular weight excluding hydrogens is 250 g/mol. The Bertz CT molecular complexity index is 387.